The molecular formula is C28H30O7. The Morgan fingerprint density at radius 2 is 1.29 bits per heavy atom. The van der Waals surface area contributed by atoms with Crippen molar-refractivity contribution in [1.82, 2.24) is 0 Å². The molecule has 0 aliphatic carbocycles. The molecular weight excluding hydrogens is 448 g/mol. The molecule has 2 heterocycles. The van der Waals surface area contributed by atoms with Crippen LogP contribution >= 0.6 is 0 Å². The first kappa shape index (κ1) is 24.7. The third kappa shape index (κ3) is 6.59. The number of rotatable bonds is 9. The van der Waals surface area contributed by atoms with Crippen LogP contribution in [-0.2, 0) is 35.0 Å². The zero-order chi connectivity index (χ0) is 24.6. The second-order valence-electron chi connectivity index (χ2n) is 8.31. The Hall–Kier alpha value is -3.42. The lowest BCUT2D eigenvalue weighted by Gasteiger charge is -2.16. The number of ether oxygens (including phenoxy) is 5. The van der Waals surface area contributed by atoms with Gasteiger partial charge in [-0.1, -0.05) is 43.3 Å². The van der Waals surface area contributed by atoms with Crippen LogP contribution in [0.1, 0.15) is 30.5 Å². The van der Waals surface area contributed by atoms with Crippen LogP contribution < -0.4 is 4.74 Å². The van der Waals surface area contributed by atoms with Crippen molar-refractivity contribution in [2.24, 2.45) is 0 Å². The molecule has 2 aromatic carbocycles. The maximum atomic E-state index is 12.3. The molecule has 2 aliphatic heterocycles. The molecule has 0 aromatic heterocycles. The minimum atomic E-state index is -0.561. The average molecular weight is 479 g/mol. The maximum Gasteiger partial charge on any atom is 0.331 e. The molecule has 0 saturated carbocycles. The molecule has 184 valence electrons. The normalized spacial score (nSPS) is 23.5. The number of benzene rings is 2. The lowest BCUT2D eigenvalue weighted by molar-refractivity contribution is -0.149. The molecule has 4 unspecified atom stereocenters. The summed E-state index contributed by atoms with van der Waals surface area (Å²) in [5.74, 6) is -0.188. The van der Waals surface area contributed by atoms with E-state index in [0.29, 0.717) is 6.61 Å². The van der Waals surface area contributed by atoms with Crippen LogP contribution in [0.15, 0.2) is 60.7 Å². The fraction of sp³-hybridized carbons (Fsp3) is 0.357. The molecule has 0 radical (unpaired) electrons. The molecule has 0 amide bonds. The molecule has 35 heavy (non-hydrogen) atoms. The first-order valence-corrected chi connectivity index (χ1v) is 11.9. The number of hydrogen-bond donors (Lipinski definition) is 0. The Morgan fingerprint density at radius 1 is 0.800 bits per heavy atom. The number of aryl methyl sites for hydroxylation is 1. The summed E-state index contributed by atoms with van der Waals surface area (Å²) in [6.07, 6.45) is 5.06. The van der Waals surface area contributed by atoms with E-state index in [-0.39, 0.29) is 13.2 Å². The van der Waals surface area contributed by atoms with Crippen LogP contribution in [0.5, 0.6) is 5.75 Å². The summed E-state index contributed by atoms with van der Waals surface area (Å²) < 4.78 is 28.0. The fourth-order valence-corrected chi connectivity index (χ4v) is 4.04. The van der Waals surface area contributed by atoms with Gasteiger partial charge in [0.25, 0.3) is 0 Å². The first-order chi connectivity index (χ1) is 17.1. The van der Waals surface area contributed by atoms with Gasteiger partial charge in [-0.2, -0.15) is 0 Å². The van der Waals surface area contributed by atoms with Crippen molar-refractivity contribution in [3.63, 3.8) is 0 Å². The molecule has 4 atom stereocenters. The zero-order valence-corrected chi connectivity index (χ0v) is 19.9. The molecule has 2 aliphatic rings. The zero-order valence-electron chi connectivity index (χ0n) is 19.9. The highest BCUT2D eigenvalue weighted by atomic mass is 16.7. The van der Waals surface area contributed by atoms with Gasteiger partial charge in [-0.05, 0) is 54.3 Å². The van der Waals surface area contributed by atoms with E-state index in [2.05, 4.69) is 6.92 Å². The summed E-state index contributed by atoms with van der Waals surface area (Å²) in [5.41, 5.74) is 3.01. The van der Waals surface area contributed by atoms with Gasteiger partial charge in [-0.25, -0.2) is 9.59 Å². The maximum absolute atomic E-state index is 12.3. The number of fused-ring (bicyclic) bond motifs is 1. The van der Waals surface area contributed by atoms with Crippen LogP contribution in [0, 0.1) is 0 Å². The van der Waals surface area contributed by atoms with Crippen molar-refractivity contribution in [3.05, 3.63) is 77.4 Å². The average Bonchev–Trinajstić information content (AvgIpc) is 3.46. The Balaban J connectivity index is 1.25. The van der Waals surface area contributed by atoms with Crippen LogP contribution in [0.3, 0.4) is 0 Å². The van der Waals surface area contributed by atoms with E-state index in [4.69, 9.17) is 23.7 Å². The molecule has 4 rings (SSSR count). The van der Waals surface area contributed by atoms with E-state index in [1.165, 1.54) is 17.7 Å². The molecule has 0 bridgehead atoms. The van der Waals surface area contributed by atoms with E-state index < -0.39 is 36.4 Å². The fourth-order valence-electron chi connectivity index (χ4n) is 4.04. The van der Waals surface area contributed by atoms with Crippen LogP contribution in [0.2, 0.25) is 0 Å². The van der Waals surface area contributed by atoms with Crippen LogP contribution in [0.4, 0.5) is 0 Å². The van der Waals surface area contributed by atoms with Gasteiger partial charge in [-0.3, -0.25) is 0 Å². The number of carbonyl (C=O) groups is 2. The van der Waals surface area contributed by atoms with Crippen molar-refractivity contribution in [1.29, 1.82) is 0 Å². The third-order valence-corrected chi connectivity index (χ3v) is 5.90. The standard InChI is InChI=1S/C28H30O7/c1-3-19-5-7-20(8-6-19)11-15-25(29)34-23-17-32-28-24(18-33-27(23)28)35-26(30)16-12-21-9-13-22(14-10-21)31-4-2/h5-16,23-24,27-28H,3-4,17-18H2,1-2H3/b15-11+,16-12-. The predicted octanol–water partition coefficient (Wildman–Crippen LogP) is 4.00. The highest BCUT2D eigenvalue weighted by molar-refractivity contribution is 5.87. The quantitative estimate of drug-likeness (QED) is 0.398. The lowest BCUT2D eigenvalue weighted by atomic mass is 10.1. The van der Waals surface area contributed by atoms with E-state index in [9.17, 15) is 9.59 Å². The molecule has 0 N–H and O–H groups in total. The lowest BCUT2D eigenvalue weighted by Crippen LogP contribution is -2.35. The van der Waals surface area contributed by atoms with Crippen molar-refractivity contribution in [2.45, 2.75) is 44.7 Å². The molecule has 7 heteroatoms. The summed E-state index contributed by atoms with van der Waals surface area (Å²) in [6.45, 7) is 4.99. The molecule has 2 saturated heterocycles. The van der Waals surface area contributed by atoms with Gasteiger partial charge in [0.05, 0.1) is 19.8 Å². The summed E-state index contributed by atoms with van der Waals surface area (Å²) in [7, 11) is 0. The minimum absolute atomic E-state index is 0.186. The second kappa shape index (κ2) is 11.8. The van der Waals surface area contributed by atoms with Gasteiger partial charge in [0.2, 0.25) is 0 Å². The molecule has 7 nitrogen and oxygen atoms in total. The predicted molar refractivity (Wildman–Crippen MR) is 131 cm³/mol. The summed E-state index contributed by atoms with van der Waals surface area (Å²) in [6, 6.07) is 15.4. The highest BCUT2D eigenvalue weighted by Gasteiger charge is 2.51. The Kier molecular flexibility index (Phi) is 8.34. The van der Waals surface area contributed by atoms with Gasteiger partial charge >= 0.3 is 11.9 Å². The highest BCUT2D eigenvalue weighted by Crippen LogP contribution is 2.31. The summed E-state index contributed by atoms with van der Waals surface area (Å²) in [4.78, 5) is 24.6. The van der Waals surface area contributed by atoms with E-state index in [1.54, 1.807) is 12.2 Å². The topological polar surface area (TPSA) is 80.3 Å². The number of esters is 2. The Labute approximate surface area is 205 Å². The molecule has 2 fully saturated rings. The largest absolute Gasteiger partial charge is 0.494 e. The third-order valence-electron chi connectivity index (χ3n) is 5.90. The van der Waals surface area contributed by atoms with Gasteiger partial charge in [0.15, 0.2) is 12.2 Å². The smallest absolute Gasteiger partial charge is 0.331 e. The SMILES string of the molecule is CCOc1ccc(/C=C\C(=O)OC2COC3C(OC(=O)/C=C/c4ccc(CC)cc4)COC23)cc1. The van der Waals surface area contributed by atoms with E-state index in [1.807, 2.05) is 55.5 Å². The first-order valence-electron chi connectivity index (χ1n) is 11.9. The van der Waals surface area contributed by atoms with Gasteiger partial charge in [-0.15, -0.1) is 0 Å². The minimum Gasteiger partial charge on any atom is -0.494 e. The van der Waals surface area contributed by atoms with Gasteiger partial charge < -0.3 is 23.7 Å². The number of carbonyl (C=O) groups excluding carboxylic acids is 2. The Bertz CT molecular complexity index is 1060. The summed E-state index contributed by atoms with van der Waals surface area (Å²) >= 11 is 0. The van der Waals surface area contributed by atoms with Crippen molar-refractivity contribution < 1.29 is 33.3 Å². The van der Waals surface area contributed by atoms with Crippen LogP contribution in [-0.4, -0.2) is 56.2 Å². The van der Waals surface area contributed by atoms with Gasteiger partial charge in [0, 0.05) is 12.2 Å². The molecule has 2 aromatic rings. The number of hydrogen-bond acceptors (Lipinski definition) is 7. The molecule has 0 spiro atoms. The Morgan fingerprint density at radius 3 is 1.74 bits per heavy atom. The second-order valence-corrected chi connectivity index (χ2v) is 8.31. The van der Waals surface area contributed by atoms with Crippen molar-refractivity contribution >= 4 is 24.1 Å². The van der Waals surface area contributed by atoms with Crippen molar-refractivity contribution in [3.8, 4) is 5.75 Å². The van der Waals surface area contributed by atoms with Crippen LogP contribution in [0.25, 0.3) is 12.2 Å². The monoisotopic (exact) mass is 478 g/mol. The van der Waals surface area contributed by atoms with E-state index >= 15 is 0 Å². The van der Waals surface area contributed by atoms with E-state index in [0.717, 1.165) is 23.3 Å². The van der Waals surface area contributed by atoms with Gasteiger partial charge in [0.1, 0.15) is 18.0 Å². The summed E-state index contributed by atoms with van der Waals surface area (Å²) in [5, 5.41) is 0. The van der Waals surface area contributed by atoms with Crippen molar-refractivity contribution in [2.75, 3.05) is 19.8 Å².